The van der Waals surface area contributed by atoms with Crippen LogP contribution in [0.25, 0.3) is 0 Å². The van der Waals surface area contributed by atoms with Crippen LogP contribution < -0.4 is 4.74 Å². The molecule has 1 aromatic heterocycles. The predicted molar refractivity (Wildman–Crippen MR) is 59.2 cm³/mol. The Morgan fingerprint density at radius 1 is 1.57 bits per heavy atom. The van der Waals surface area contributed by atoms with Crippen LogP contribution in [0.2, 0.25) is 5.15 Å². The summed E-state index contributed by atoms with van der Waals surface area (Å²) in [6.07, 6.45) is 2.53. The van der Waals surface area contributed by atoms with E-state index in [0.29, 0.717) is 16.2 Å². The first-order chi connectivity index (χ1) is 6.69. The van der Waals surface area contributed by atoms with Crippen LogP contribution >= 0.6 is 23.4 Å². The molecule has 0 aromatic carbocycles. The number of methoxy groups -OCH3 is 1. The van der Waals surface area contributed by atoms with Crippen LogP contribution in [-0.4, -0.2) is 22.3 Å². The Hall–Kier alpha value is -0.480. The first-order valence-electron chi connectivity index (χ1n) is 4.40. The Bertz CT molecular complexity index is 309. The summed E-state index contributed by atoms with van der Waals surface area (Å²) in [5, 5.41) is 1.67. The van der Waals surface area contributed by atoms with Gasteiger partial charge in [0.1, 0.15) is 11.4 Å². The number of aromatic nitrogens is 2. The van der Waals surface area contributed by atoms with Crippen molar-refractivity contribution in [3.63, 3.8) is 0 Å². The minimum absolute atomic E-state index is 0.369. The smallest absolute Gasteiger partial charge is 0.188 e. The summed E-state index contributed by atoms with van der Waals surface area (Å²) in [4.78, 5) is 8.00. The van der Waals surface area contributed by atoms with Gasteiger partial charge >= 0.3 is 0 Å². The summed E-state index contributed by atoms with van der Waals surface area (Å²) in [6.45, 7) is 4.27. The molecule has 1 unspecified atom stereocenters. The van der Waals surface area contributed by atoms with Crippen molar-refractivity contribution in [1.82, 2.24) is 9.97 Å². The quantitative estimate of drug-likeness (QED) is 0.591. The molecule has 0 saturated heterocycles. The monoisotopic (exact) mass is 232 g/mol. The molecule has 0 aliphatic heterocycles. The molecule has 78 valence electrons. The van der Waals surface area contributed by atoms with Gasteiger partial charge < -0.3 is 4.74 Å². The van der Waals surface area contributed by atoms with Crippen molar-refractivity contribution in [3.8, 4) is 5.75 Å². The highest BCUT2D eigenvalue weighted by Crippen LogP contribution is 2.34. The minimum atomic E-state index is 0.369. The van der Waals surface area contributed by atoms with Crippen LogP contribution in [0.5, 0.6) is 5.75 Å². The lowest BCUT2D eigenvalue weighted by Gasteiger charge is -2.10. The number of thioether (sulfide) groups is 1. The van der Waals surface area contributed by atoms with Gasteiger partial charge in [0.05, 0.1) is 7.11 Å². The van der Waals surface area contributed by atoms with Gasteiger partial charge in [0.2, 0.25) is 0 Å². The van der Waals surface area contributed by atoms with E-state index < -0.39 is 0 Å². The summed E-state index contributed by atoms with van der Waals surface area (Å²) in [7, 11) is 1.57. The fourth-order valence-corrected chi connectivity index (χ4v) is 2.08. The number of hydrogen-bond acceptors (Lipinski definition) is 4. The standard InChI is InChI=1S/C9H13ClN2OS/c1-4-6(2)14-9-7(13-3)8(10)11-5-12-9/h5-6H,4H2,1-3H3. The molecule has 0 saturated carbocycles. The third-order valence-corrected chi connectivity index (χ3v) is 3.34. The molecule has 1 rings (SSSR count). The van der Waals surface area contributed by atoms with E-state index in [1.54, 1.807) is 18.9 Å². The summed E-state index contributed by atoms with van der Waals surface area (Å²) >= 11 is 7.52. The zero-order valence-corrected chi connectivity index (χ0v) is 10.0. The average Bonchev–Trinajstić information content (AvgIpc) is 2.18. The molecule has 1 heterocycles. The fraction of sp³-hybridized carbons (Fsp3) is 0.556. The summed E-state index contributed by atoms with van der Waals surface area (Å²) in [5.74, 6) is 0.569. The third-order valence-electron chi connectivity index (χ3n) is 1.82. The van der Waals surface area contributed by atoms with Crippen LogP contribution in [0, 0.1) is 0 Å². The number of hydrogen-bond donors (Lipinski definition) is 0. The highest BCUT2D eigenvalue weighted by atomic mass is 35.5. The van der Waals surface area contributed by atoms with Crippen molar-refractivity contribution in [1.29, 1.82) is 0 Å². The Balaban J connectivity index is 2.90. The normalized spacial score (nSPS) is 12.6. The lowest BCUT2D eigenvalue weighted by Crippen LogP contribution is -1.98. The van der Waals surface area contributed by atoms with Crippen LogP contribution in [0.15, 0.2) is 11.4 Å². The first kappa shape index (κ1) is 11.6. The van der Waals surface area contributed by atoms with Crippen molar-refractivity contribution < 1.29 is 4.74 Å². The van der Waals surface area contributed by atoms with Gasteiger partial charge in [0.25, 0.3) is 0 Å². The third kappa shape index (κ3) is 2.75. The molecule has 1 aromatic rings. The van der Waals surface area contributed by atoms with Crippen molar-refractivity contribution in [2.45, 2.75) is 30.5 Å². The lowest BCUT2D eigenvalue weighted by atomic mass is 10.4. The molecule has 0 aliphatic carbocycles. The van der Waals surface area contributed by atoms with E-state index in [1.807, 2.05) is 0 Å². The number of rotatable bonds is 4. The maximum atomic E-state index is 5.87. The van der Waals surface area contributed by atoms with E-state index in [9.17, 15) is 0 Å². The number of nitrogens with zero attached hydrogens (tertiary/aromatic N) is 2. The molecule has 1 atom stereocenters. The van der Waals surface area contributed by atoms with E-state index in [2.05, 4.69) is 23.8 Å². The zero-order chi connectivity index (χ0) is 10.6. The Labute approximate surface area is 93.2 Å². The second-order valence-electron chi connectivity index (χ2n) is 2.84. The van der Waals surface area contributed by atoms with Crippen LogP contribution in [-0.2, 0) is 0 Å². The van der Waals surface area contributed by atoms with E-state index in [-0.39, 0.29) is 0 Å². The van der Waals surface area contributed by atoms with E-state index in [0.717, 1.165) is 11.4 Å². The van der Waals surface area contributed by atoms with E-state index >= 15 is 0 Å². The molecule has 0 radical (unpaired) electrons. The van der Waals surface area contributed by atoms with Gasteiger partial charge in [-0.1, -0.05) is 37.2 Å². The van der Waals surface area contributed by atoms with Crippen molar-refractivity contribution in [3.05, 3.63) is 11.5 Å². The molecule has 14 heavy (non-hydrogen) atoms. The summed E-state index contributed by atoms with van der Waals surface area (Å²) in [6, 6.07) is 0. The Morgan fingerprint density at radius 3 is 2.86 bits per heavy atom. The molecule has 0 aliphatic rings. The number of ether oxygens (including phenoxy) is 1. The number of halogens is 1. The molecule has 0 bridgehead atoms. The second kappa shape index (κ2) is 5.41. The molecule has 0 fully saturated rings. The summed E-state index contributed by atoms with van der Waals surface area (Å²) < 4.78 is 5.14. The van der Waals surface area contributed by atoms with Gasteiger partial charge in [-0.25, -0.2) is 9.97 Å². The molecule has 0 spiro atoms. The maximum absolute atomic E-state index is 5.87. The SMILES string of the molecule is CCC(C)Sc1ncnc(Cl)c1OC. The predicted octanol–water partition coefficient (Wildman–Crippen LogP) is 3.03. The van der Waals surface area contributed by atoms with Crippen molar-refractivity contribution in [2.24, 2.45) is 0 Å². The van der Waals surface area contributed by atoms with Crippen LogP contribution in [0.4, 0.5) is 0 Å². The van der Waals surface area contributed by atoms with Crippen molar-refractivity contribution in [2.75, 3.05) is 7.11 Å². The molecule has 0 amide bonds. The van der Waals surface area contributed by atoms with Gasteiger partial charge in [-0.3, -0.25) is 0 Å². The first-order valence-corrected chi connectivity index (χ1v) is 5.66. The Morgan fingerprint density at radius 2 is 2.29 bits per heavy atom. The highest BCUT2D eigenvalue weighted by molar-refractivity contribution is 7.99. The largest absolute Gasteiger partial charge is 0.491 e. The van der Waals surface area contributed by atoms with Gasteiger partial charge in [-0.05, 0) is 6.42 Å². The van der Waals surface area contributed by atoms with E-state index in [1.165, 1.54) is 6.33 Å². The second-order valence-corrected chi connectivity index (χ2v) is 4.62. The summed E-state index contributed by atoms with van der Waals surface area (Å²) in [5.41, 5.74) is 0. The van der Waals surface area contributed by atoms with Gasteiger partial charge in [0, 0.05) is 5.25 Å². The van der Waals surface area contributed by atoms with Crippen LogP contribution in [0.3, 0.4) is 0 Å². The molecule has 0 N–H and O–H groups in total. The minimum Gasteiger partial charge on any atom is -0.491 e. The molecule has 5 heteroatoms. The fourth-order valence-electron chi connectivity index (χ4n) is 0.867. The van der Waals surface area contributed by atoms with E-state index in [4.69, 9.17) is 16.3 Å². The molecular formula is C9H13ClN2OS. The average molecular weight is 233 g/mol. The highest BCUT2D eigenvalue weighted by Gasteiger charge is 2.12. The topological polar surface area (TPSA) is 35.0 Å². The molecular weight excluding hydrogens is 220 g/mol. The Kier molecular flexibility index (Phi) is 4.48. The van der Waals surface area contributed by atoms with Crippen LogP contribution in [0.1, 0.15) is 20.3 Å². The van der Waals surface area contributed by atoms with Gasteiger partial charge in [0.15, 0.2) is 10.9 Å². The molecule has 3 nitrogen and oxygen atoms in total. The van der Waals surface area contributed by atoms with Crippen molar-refractivity contribution >= 4 is 23.4 Å². The lowest BCUT2D eigenvalue weighted by molar-refractivity contribution is 0.398. The van der Waals surface area contributed by atoms with Gasteiger partial charge in [-0.2, -0.15) is 0 Å². The zero-order valence-electron chi connectivity index (χ0n) is 8.45. The maximum Gasteiger partial charge on any atom is 0.188 e. The van der Waals surface area contributed by atoms with Gasteiger partial charge in [-0.15, -0.1) is 0 Å².